The van der Waals surface area contributed by atoms with E-state index in [0.29, 0.717) is 11.6 Å². The van der Waals surface area contributed by atoms with Crippen LogP contribution in [-0.4, -0.2) is 52.6 Å². The van der Waals surface area contributed by atoms with Gasteiger partial charge in [0.15, 0.2) is 0 Å². The van der Waals surface area contributed by atoms with Crippen LogP contribution in [0.5, 0.6) is 0 Å². The molecule has 3 aliphatic rings. The molecule has 0 unspecified atom stereocenters. The van der Waals surface area contributed by atoms with E-state index in [4.69, 9.17) is 0 Å². The molecule has 0 spiro atoms. The third-order valence-corrected chi connectivity index (χ3v) is 5.58. The van der Waals surface area contributed by atoms with Crippen LogP contribution in [0, 0.1) is 12.8 Å². The van der Waals surface area contributed by atoms with Crippen LogP contribution in [-0.2, 0) is 6.54 Å². The number of para-hydroxylation sites is 1. The van der Waals surface area contributed by atoms with E-state index in [0.717, 1.165) is 36.9 Å². The summed E-state index contributed by atoms with van der Waals surface area (Å²) in [6, 6.07) is 5.72. The number of carboxylic acid groups (broad SMARTS) is 1. The summed E-state index contributed by atoms with van der Waals surface area (Å²) >= 11 is 0. The van der Waals surface area contributed by atoms with Gasteiger partial charge in [0.25, 0.3) is 0 Å². The standard InChI is InChI=1S/C18H24N4O2.Li/c1-12-20-15-4-2-3-14(18(23)24)17(15)22(12)10-7-19-16-11-21-8-5-13(16)6-9-21;/h2-4,13,16,19H,5-11H2,1H3,(H,23,24);/q;+1/p-1/t16-;/m1./s1. The number of carbonyl (C=O) groups excluding carboxylic acids is 1. The zero-order valence-corrected chi connectivity index (χ0v) is 15.0. The molecule has 0 aliphatic carbocycles. The third-order valence-electron chi connectivity index (χ3n) is 5.58. The van der Waals surface area contributed by atoms with Crippen LogP contribution in [0.1, 0.15) is 29.0 Å². The Balaban J connectivity index is 0.00000182. The predicted octanol–water partition coefficient (Wildman–Crippen LogP) is -2.60. The first-order chi connectivity index (χ1) is 11.6. The molecule has 25 heavy (non-hydrogen) atoms. The Morgan fingerprint density at radius 3 is 2.76 bits per heavy atom. The molecule has 0 amide bonds. The predicted molar refractivity (Wildman–Crippen MR) is 89.8 cm³/mol. The Hall–Kier alpha value is -1.32. The van der Waals surface area contributed by atoms with Crippen molar-refractivity contribution in [3.63, 3.8) is 0 Å². The van der Waals surface area contributed by atoms with Crippen molar-refractivity contribution >= 4 is 17.0 Å². The van der Waals surface area contributed by atoms with Crippen LogP contribution in [0.25, 0.3) is 11.0 Å². The molecule has 1 aromatic heterocycles. The first-order valence-electron chi connectivity index (χ1n) is 8.76. The molecule has 0 radical (unpaired) electrons. The Morgan fingerprint density at radius 2 is 2.12 bits per heavy atom. The number of nitrogens with zero attached hydrogens (tertiary/aromatic N) is 3. The number of hydrogen-bond acceptors (Lipinski definition) is 5. The van der Waals surface area contributed by atoms with Gasteiger partial charge in [-0.15, -0.1) is 0 Å². The number of aryl methyl sites for hydroxylation is 1. The Kier molecular flexibility index (Phi) is 5.55. The van der Waals surface area contributed by atoms with Crippen LogP contribution in [0.3, 0.4) is 0 Å². The molecule has 1 aromatic carbocycles. The molecule has 1 atom stereocenters. The maximum absolute atomic E-state index is 11.4. The van der Waals surface area contributed by atoms with Gasteiger partial charge in [0, 0.05) is 31.2 Å². The summed E-state index contributed by atoms with van der Waals surface area (Å²) in [6.45, 7) is 7.08. The molecule has 6 nitrogen and oxygen atoms in total. The van der Waals surface area contributed by atoms with Gasteiger partial charge in [0.05, 0.1) is 17.0 Å². The van der Waals surface area contributed by atoms with Crippen LogP contribution < -0.4 is 29.3 Å². The zero-order chi connectivity index (χ0) is 16.7. The number of hydrogen-bond donors (Lipinski definition) is 1. The SMILES string of the molecule is Cc1nc2cccc(C(=O)[O-])c2n1CCN[C@@H]1CN2CCC1CC2.[Li+]. The molecular weight excluding hydrogens is 311 g/mol. The molecule has 3 fully saturated rings. The molecule has 2 aromatic rings. The summed E-state index contributed by atoms with van der Waals surface area (Å²) in [5.74, 6) is 0.482. The van der Waals surface area contributed by atoms with Crippen molar-refractivity contribution in [2.75, 3.05) is 26.2 Å². The molecule has 2 bridgehead atoms. The van der Waals surface area contributed by atoms with Crippen molar-refractivity contribution in [1.82, 2.24) is 19.8 Å². The van der Waals surface area contributed by atoms with Gasteiger partial charge in [0.2, 0.25) is 0 Å². The second kappa shape index (κ2) is 7.51. The minimum atomic E-state index is -1.15. The number of rotatable bonds is 5. The van der Waals surface area contributed by atoms with Gasteiger partial charge in [-0.25, -0.2) is 4.98 Å². The minimum Gasteiger partial charge on any atom is -0.545 e. The minimum absolute atomic E-state index is 0. The summed E-state index contributed by atoms with van der Waals surface area (Å²) in [4.78, 5) is 18.4. The number of fused-ring (bicyclic) bond motifs is 4. The van der Waals surface area contributed by atoms with E-state index in [9.17, 15) is 9.90 Å². The second-order valence-corrected chi connectivity index (χ2v) is 6.97. The molecule has 3 aliphatic heterocycles. The molecule has 128 valence electrons. The van der Waals surface area contributed by atoms with Crippen LogP contribution in [0.15, 0.2) is 18.2 Å². The summed E-state index contributed by atoms with van der Waals surface area (Å²) in [6.07, 6.45) is 2.58. The summed E-state index contributed by atoms with van der Waals surface area (Å²) in [5, 5.41) is 15.1. The van der Waals surface area contributed by atoms with Crippen molar-refractivity contribution < 1.29 is 28.8 Å². The number of aromatic nitrogens is 2. The number of nitrogens with one attached hydrogen (secondary N) is 1. The van der Waals surface area contributed by atoms with Gasteiger partial charge < -0.3 is 24.7 Å². The van der Waals surface area contributed by atoms with Crippen LogP contribution >= 0.6 is 0 Å². The fourth-order valence-corrected chi connectivity index (χ4v) is 4.30. The molecule has 0 saturated carbocycles. The number of piperidine rings is 3. The first-order valence-corrected chi connectivity index (χ1v) is 8.76. The quantitative estimate of drug-likeness (QED) is 0.607. The van der Waals surface area contributed by atoms with E-state index in [1.807, 2.05) is 17.6 Å². The van der Waals surface area contributed by atoms with Gasteiger partial charge in [-0.1, -0.05) is 12.1 Å². The maximum Gasteiger partial charge on any atom is 1.00 e. The fraction of sp³-hybridized carbons (Fsp3) is 0.556. The number of benzene rings is 1. The van der Waals surface area contributed by atoms with Crippen LogP contribution in [0.2, 0.25) is 0 Å². The third kappa shape index (κ3) is 3.49. The molecular formula is C18H23LiN4O2. The Labute approximate surface area is 159 Å². The van der Waals surface area contributed by atoms with Gasteiger partial charge in [-0.2, -0.15) is 0 Å². The second-order valence-electron chi connectivity index (χ2n) is 6.97. The Bertz CT molecular complexity index is 768. The number of carbonyl (C=O) groups is 1. The normalized spacial score (nSPS) is 25.1. The van der Waals surface area contributed by atoms with Crippen molar-refractivity contribution in [3.05, 3.63) is 29.6 Å². The summed E-state index contributed by atoms with van der Waals surface area (Å²) < 4.78 is 1.99. The fourth-order valence-electron chi connectivity index (χ4n) is 4.30. The van der Waals surface area contributed by atoms with E-state index in [-0.39, 0.29) is 24.4 Å². The van der Waals surface area contributed by atoms with E-state index in [1.165, 1.54) is 25.9 Å². The van der Waals surface area contributed by atoms with Gasteiger partial charge in [-0.05, 0) is 44.8 Å². The van der Waals surface area contributed by atoms with Crippen molar-refractivity contribution in [1.29, 1.82) is 0 Å². The molecule has 4 heterocycles. The first kappa shape index (κ1) is 18.5. The maximum atomic E-state index is 11.4. The van der Waals surface area contributed by atoms with E-state index in [1.54, 1.807) is 12.1 Å². The van der Waals surface area contributed by atoms with Crippen molar-refractivity contribution in [2.24, 2.45) is 5.92 Å². The van der Waals surface area contributed by atoms with Crippen molar-refractivity contribution in [2.45, 2.75) is 32.4 Å². The van der Waals surface area contributed by atoms with Gasteiger partial charge in [-0.3, -0.25) is 0 Å². The Morgan fingerprint density at radius 1 is 1.36 bits per heavy atom. The number of imidazole rings is 1. The largest absolute Gasteiger partial charge is 1.00 e. The molecule has 1 N–H and O–H groups in total. The summed E-state index contributed by atoms with van der Waals surface area (Å²) in [7, 11) is 0. The molecule has 7 heteroatoms. The van der Waals surface area contributed by atoms with Gasteiger partial charge >= 0.3 is 18.9 Å². The monoisotopic (exact) mass is 334 g/mol. The smallest absolute Gasteiger partial charge is 0.545 e. The zero-order valence-electron chi connectivity index (χ0n) is 15.0. The molecule has 5 rings (SSSR count). The van der Waals surface area contributed by atoms with E-state index in [2.05, 4.69) is 15.2 Å². The average Bonchev–Trinajstić information content (AvgIpc) is 2.91. The number of carboxylic acids is 1. The average molecular weight is 334 g/mol. The van der Waals surface area contributed by atoms with E-state index >= 15 is 0 Å². The molecule has 3 saturated heterocycles. The van der Waals surface area contributed by atoms with E-state index < -0.39 is 5.97 Å². The van der Waals surface area contributed by atoms with Crippen molar-refractivity contribution in [3.8, 4) is 0 Å². The number of aromatic carboxylic acids is 1. The topological polar surface area (TPSA) is 73.2 Å². The van der Waals surface area contributed by atoms with Gasteiger partial charge in [0.1, 0.15) is 5.82 Å². The van der Waals surface area contributed by atoms with Crippen LogP contribution in [0.4, 0.5) is 0 Å². The summed E-state index contributed by atoms with van der Waals surface area (Å²) in [5.41, 5.74) is 1.61.